The first-order chi connectivity index (χ1) is 19.8. The molecule has 0 aromatic carbocycles. The zero-order valence-electron chi connectivity index (χ0n) is 25.5. The maximum Gasteiger partial charge on any atom is 0.333 e. The van der Waals surface area contributed by atoms with Crippen molar-refractivity contribution in [1.82, 2.24) is 0 Å². The lowest BCUT2D eigenvalue weighted by atomic mass is 9.39. The number of esters is 3. The molecule has 2 saturated carbocycles. The Labute approximate surface area is 246 Å². The Hall–Kier alpha value is -2.91. The topological polar surface area (TPSA) is 122 Å². The molecule has 9 heteroatoms. The summed E-state index contributed by atoms with van der Waals surface area (Å²) in [5.41, 5.74) is 1.05. The van der Waals surface area contributed by atoms with Gasteiger partial charge < -0.3 is 28.5 Å². The molecule has 5 aliphatic rings. The highest BCUT2D eigenvalue weighted by atomic mass is 16.6. The second kappa shape index (κ2) is 9.81. The summed E-state index contributed by atoms with van der Waals surface area (Å²) in [4.78, 5) is 39.3. The van der Waals surface area contributed by atoms with Crippen LogP contribution in [0.3, 0.4) is 0 Å². The molecule has 1 aromatic heterocycles. The largest absolute Gasteiger partial charge is 0.472 e. The van der Waals surface area contributed by atoms with Crippen LogP contribution in [0.25, 0.3) is 0 Å². The maximum absolute atomic E-state index is 13.6. The molecule has 0 bridgehead atoms. The van der Waals surface area contributed by atoms with Crippen molar-refractivity contribution in [3.63, 3.8) is 0 Å². The van der Waals surface area contributed by atoms with Crippen molar-refractivity contribution in [1.29, 1.82) is 0 Å². The smallest absolute Gasteiger partial charge is 0.333 e. The van der Waals surface area contributed by atoms with Gasteiger partial charge in [-0.2, -0.15) is 0 Å². The second-order valence-corrected chi connectivity index (χ2v) is 13.7. The van der Waals surface area contributed by atoms with Crippen molar-refractivity contribution in [3.8, 4) is 0 Å². The molecule has 0 radical (unpaired) electrons. The van der Waals surface area contributed by atoms with Gasteiger partial charge in [-0.15, -0.1) is 0 Å². The van der Waals surface area contributed by atoms with E-state index in [0.717, 1.165) is 16.7 Å². The van der Waals surface area contributed by atoms with Crippen molar-refractivity contribution in [2.45, 2.75) is 104 Å². The van der Waals surface area contributed by atoms with E-state index in [1.807, 2.05) is 19.9 Å². The summed E-state index contributed by atoms with van der Waals surface area (Å²) in [7, 11) is 0. The Kier molecular flexibility index (Phi) is 6.81. The number of carbonyl (C=O) groups excluding carboxylic acids is 3. The number of hydrogen-bond acceptors (Lipinski definition) is 9. The van der Waals surface area contributed by atoms with Crippen LogP contribution >= 0.6 is 0 Å². The number of allylic oxidation sites excluding steroid dienone is 2. The number of ether oxygens (including phenoxy) is 4. The number of aliphatic hydroxyl groups is 1. The molecular formula is C33H42O9. The molecule has 228 valence electrons. The first kappa shape index (κ1) is 29.2. The summed E-state index contributed by atoms with van der Waals surface area (Å²) in [5, 5.41) is 12.0. The summed E-state index contributed by atoms with van der Waals surface area (Å²) in [5.74, 6) is -2.06. The molecule has 2 saturated heterocycles. The van der Waals surface area contributed by atoms with E-state index in [4.69, 9.17) is 23.4 Å². The average Bonchev–Trinajstić information content (AvgIpc) is 3.64. The third kappa shape index (κ3) is 3.85. The fraction of sp³-hybridized carbons (Fsp3) is 0.667. The van der Waals surface area contributed by atoms with Gasteiger partial charge in [-0.05, 0) is 50.3 Å². The van der Waals surface area contributed by atoms with Gasteiger partial charge in [0.2, 0.25) is 0 Å². The van der Waals surface area contributed by atoms with Gasteiger partial charge >= 0.3 is 17.9 Å². The van der Waals surface area contributed by atoms with Gasteiger partial charge in [0, 0.05) is 53.4 Å². The van der Waals surface area contributed by atoms with Crippen molar-refractivity contribution in [2.24, 2.45) is 28.1 Å². The fourth-order valence-corrected chi connectivity index (χ4v) is 9.76. The first-order valence-corrected chi connectivity index (χ1v) is 15.0. The number of fused-ring (bicyclic) bond motifs is 4. The molecule has 11 atom stereocenters. The minimum atomic E-state index is -0.904. The standard InChI is InChI=1S/C33H42O9/c1-8-16(2)30(37)42-29-27-28-31(5,15-39-27)24(40-18(4)34)13-23(35)32(28,6)22-12-25(36)41-21-11-20(19-9-10-38-14-19)17(3)26(21)33(22,29)7/h8-10,14,20-24,27-29,35H,11-13,15H2,1-7H3/b16-8+/t20-,21+,22-,23+,24-,27-,28+,29-,31-,32+,33-/m1/s1. The van der Waals surface area contributed by atoms with Crippen molar-refractivity contribution in [2.75, 3.05) is 6.61 Å². The Bertz CT molecular complexity index is 1360. The van der Waals surface area contributed by atoms with Gasteiger partial charge in [0.25, 0.3) is 0 Å². The van der Waals surface area contributed by atoms with Gasteiger partial charge in [-0.25, -0.2) is 4.79 Å². The van der Waals surface area contributed by atoms with Crippen molar-refractivity contribution < 1.29 is 42.9 Å². The highest BCUT2D eigenvalue weighted by Gasteiger charge is 2.77. The van der Waals surface area contributed by atoms with E-state index >= 15 is 0 Å². The lowest BCUT2D eigenvalue weighted by Crippen LogP contribution is -2.71. The zero-order chi connectivity index (χ0) is 30.4. The third-order valence-electron chi connectivity index (χ3n) is 11.7. The van der Waals surface area contributed by atoms with E-state index < -0.39 is 64.6 Å². The van der Waals surface area contributed by atoms with Gasteiger partial charge in [-0.3, -0.25) is 9.59 Å². The number of rotatable bonds is 4. The van der Waals surface area contributed by atoms with Crippen LogP contribution in [0, 0.1) is 28.1 Å². The second-order valence-electron chi connectivity index (χ2n) is 13.7. The lowest BCUT2D eigenvalue weighted by Gasteiger charge is -2.65. The molecule has 0 spiro atoms. The maximum atomic E-state index is 13.6. The van der Waals surface area contributed by atoms with Crippen molar-refractivity contribution >= 4 is 17.9 Å². The minimum absolute atomic E-state index is 0.0364. The molecular weight excluding hydrogens is 540 g/mol. The quantitative estimate of drug-likeness (QED) is 0.234. The molecule has 1 N–H and O–H groups in total. The van der Waals surface area contributed by atoms with Gasteiger partial charge in [0.05, 0.1) is 31.3 Å². The van der Waals surface area contributed by atoms with E-state index in [-0.39, 0.29) is 37.3 Å². The Morgan fingerprint density at radius 1 is 1.14 bits per heavy atom. The number of aliphatic hydroxyl groups excluding tert-OH is 1. The molecule has 0 amide bonds. The molecule has 1 aromatic rings. The van der Waals surface area contributed by atoms with E-state index in [1.165, 1.54) is 6.92 Å². The van der Waals surface area contributed by atoms with E-state index in [0.29, 0.717) is 12.0 Å². The summed E-state index contributed by atoms with van der Waals surface area (Å²) in [6.07, 6.45) is 2.52. The fourth-order valence-electron chi connectivity index (χ4n) is 9.76. The van der Waals surface area contributed by atoms with Gasteiger partial charge in [0.1, 0.15) is 18.3 Å². The molecule has 9 nitrogen and oxygen atoms in total. The molecule has 42 heavy (non-hydrogen) atoms. The summed E-state index contributed by atoms with van der Waals surface area (Å²) in [6, 6.07) is 1.93. The highest BCUT2D eigenvalue weighted by molar-refractivity contribution is 5.88. The molecule has 3 aliphatic carbocycles. The van der Waals surface area contributed by atoms with Gasteiger partial charge in [0.15, 0.2) is 0 Å². The molecule has 2 aliphatic heterocycles. The lowest BCUT2D eigenvalue weighted by molar-refractivity contribution is -0.253. The normalized spacial score (nSPS) is 44.5. The van der Waals surface area contributed by atoms with Crippen LogP contribution < -0.4 is 0 Å². The molecule has 3 heterocycles. The van der Waals surface area contributed by atoms with Crippen LogP contribution in [0.2, 0.25) is 0 Å². The Balaban J connectivity index is 1.58. The van der Waals surface area contributed by atoms with E-state index in [1.54, 1.807) is 32.4 Å². The predicted molar refractivity (Wildman–Crippen MR) is 150 cm³/mol. The van der Waals surface area contributed by atoms with Crippen molar-refractivity contribution in [3.05, 3.63) is 47.0 Å². The van der Waals surface area contributed by atoms with Crippen LogP contribution in [0.1, 0.15) is 79.2 Å². The van der Waals surface area contributed by atoms with Crippen LogP contribution in [0.4, 0.5) is 0 Å². The number of hydrogen-bond donors (Lipinski definition) is 1. The van der Waals surface area contributed by atoms with Crippen LogP contribution in [-0.2, 0) is 33.3 Å². The first-order valence-electron chi connectivity index (χ1n) is 15.0. The Morgan fingerprint density at radius 3 is 2.52 bits per heavy atom. The van der Waals surface area contributed by atoms with Crippen LogP contribution in [0.15, 0.2) is 45.8 Å². The Morgan fingerprint density at radius 2 is 1.88 bits per heavy atom. The average molecular weight is 583 g/mol. The highest BCUT2D eigenvalue weighted by Crippen LogP contribution is 2.72. The van der Waals surface area contributed by atoms with Gasteiger partial charge in [-0.1, -0.05) is 32.4 Å². The zero-order valence-corrected chi connectivity index (χ0v) is 25.5. The predicted octanol–water partition coefficient (Wildman–Crippen LogP) is 4.64. The van der Waals surface area contributed by atoms with E-state index in [2.05, 4.69) is 13.8 Å². The summed E-state index contributed by atoms with van der Waals surface area (Å²) >= 11 is 0. The summed E-state index contributed by atoms with van der Waals surface area (Å²) in [6.45, 7) is 13.3. The van der Waals surface area contributed by atoms with Crippen LogP contribution in [0.5, 0.6) is 0 Å². The minimum Gasteiger partial charge on any atom is -0.472 e. The number of carbonyl (C=O) groups is 3. The van der Waals surface area contributed by atoms with Crippen LogP contribution in [-0.4, -0.2) is 60.1 Å². The molecule has 0 unspecified atom stereocenters. The molecule has 4 fully saturated rings. The molecule has 6 rings (SSSR count). The monoisotopic (exact) mass is 582 g/mol. The van der Waals surface area contributed by atoms with E-state index in [9.17, 15) is 19.5 Å². The summed E-state index contributed by atoms with van der Waals surface area (Å²) < 4.78 is 30.5. The SMILES string of the molecule is C/C=C(\C)C(=O)O[C@@H]1[C@@H]2OC[C@]3(C)[C@H](OC(C)=O)C[C@H](O)[C@@](C)([C@@H]23)[C@H]2CC(=O)O[C@H]3C[C@@H](c4ccoc4)C(C)=C3[C@]12C. The number of furan rings is 1. The third-order valence-corrected chi connectivity index (χ3v) is 11.7.